The van der Waals surface area contributed by atoms with Crippen LogP contribution in [0, 0.1) is 50.7 Å². The summed E-state index contributed by atoms with van der Waals surface area (Å²) in [6, 6.07) is 0. The highest BCUT2D eigenvalue weighted by Gasteiger charge is 2.86. The molecule has 0 bridgehead atoms. The second-order valence-electron chi connectivity index (χ2n) is 18.9. The van der Waals surface area contributed by atoms with Crippen LogP contribution in [0.3, 0.4) is 0 Å². The van der Waals surface area contributed by atoms with Gasteiger partial charge in [-0.05, 0) is 97.2 Å². The van der Waals surface area contributed by atoms with Crippen LogP contribution < -0.4 is 0 Å². The van der Waals surface area contributed by atoms with Crippen molar-refractivity contribution < 1.29 is 48.5 Å². The molecule has 0 aromatic carbocycles. The van der Waals surface area contributed by atoms with Crippen LogP contribution in [0.25, 0.3) is 0 Å². The van der Waals surface area contributed by atoms with Gasteiger partial charge >= 0.3 is 5.97 Å². The monoisotopic (exact) mass is 660 g/mol. The van der Waals surface area contributed by atoms with Crippen LogP contribution >= 0.6 is 0 Å². The topological polar surface area (TPSA) is 136 Å². The molecular formula is C37H56O10. The van der Waals surface area contributed by atoms with E-state index in [0.29, 0.717) is 24.4 Å². The SMILES string of the molecule is CC(=O)O[C@@H]1C[C@@]23C[C@@]24CC[C@H](O[C@@H]2OC[C@@H](O)[C@H](O)[C@H]2O)C(C)(C)[C@@H]4CC[C@H]3[C@]2(C)C[C@@H]3OC4(C[C@@H](C)[C@@H]3[C@@]12C)OC[C@@]1(C)O[C@@H]41. The van der Waals surface area contributed by atoms with E-state index in [1.54, 1.807) is 6.92 Å². The van der Waals surface area contributed by atoms with Crippen molar-refractivity contribution in [2.75, 3.05) is 13.2 Å². The summed E-state index contributed by atoms with van der Waals surface area (Å²) < 4.78 is 38.4. The minimum atomic E-state index is -1.29. The van der Waals surface area contributed by atoms with Crippen molar-refractivity contribution in [3.8, 4) is 0 Å². The lowest BCUT2D eigenvalue weighted by atomic mass is 9.41. The first-order chi connectivity index (χ1) is 22.0. The number of ether oxygens (including phenoxy) is 6. The number of carbonyl (C=O) groups excluding carboxylic acids is 1. The summed E-state index contributed by atoms with van der Waals surface area (Å²) in [5.41, 5.74) is -0.492. The molecule has 18 atom stereocenters. The summed E-state index contributed by atoms with van der Waals surface area (Å²) in [5.74, 6) is 0.642. The number of epoxide rings is 1. The molecule has 4 aliphatic heterocycles. The van der Waals surface area contributed by atoms with E-state index in [1.165, 1.54) is 0 Å². The van der Waals surface area contributed by atoms with Gasteiger partial charge in [0.25, 0.3) is 0 Å². The van der Waals surface area contributed by atoms with Gasteiger partial charge in [-0.3, -0.25) is 4.79 Å². The maximum atomic E-state index is 12.9. The fraction of sp³-hybridized carbons (Fsp3) is 0.973. The van der Waals surface area contributed by atoms with E-state index in [0.717, 1.165) is 51.4 Å². The van der Waals surface area contributed by atoms with Crippen LogP contribution in [0.5, 0.6) is 0 Å². The first kappa shape index (κ1) is 32.1. The molecule has 264 valence electrons. The summed E-state index contributed by atoms with van der Waals surface area (Å²) in [7, 11) is 0. The molecule has 1 unspecified atom stereocenters. The van der Waals surface area contributed by atoms with Gasteiger partial charge in [0.05, 0.1) is 25.4 Å². The number of aliphatic hydroxyl groups is 3. The smallest absolute Gasteiger partial charge is 0.302 e. The lowest BCUT2D eigenvalue weighted by Crippen LogP contribution is -2.64. The van der Waals surface area contributed by atoms with E-state index >= 15 is 0 Å². The minimum absolute atomic E-state index is 0.00697. The van der Waals surface area contributed by atoms with Crippen molar-refractivity contribution in [1.82, 2.24) is 0 Å². The highest BCUT2D eigenvalue weighted by atomic mass is 16.8. The van der Waals surface area contributed by atoms with Gasteiger partial charge in [-0.15, -0.1) is 0 Å². The van der Waals surface area contributed by atoms with E-state index in [9.17, 15) is 20.1 Å². The van der Waals surface area contributed by atoms with E-state index in [-0.39, 0.29) is 75.6 Å². The Labute approximate surface area is 278 Å². The minimum Gasteiger partial charge on any atom is -0.462 e. The number of aliphatic hydroxyl groups excluding tert-OH is 3. The van der Waals surface area contributed by atoms with Gasteiger partial charge in [-0.25, -0.2) is 0 Å². The van der Waals surface area contributed by atoms with Crippen molar-refractivity contribution in [2.45, 2.75) is 160 Å². The fourth-order valence-corrected chi connectivity index (χ4v) is 14.6. The fourth-order valence-electron chi connectivity index (χ4n) is 14.6. The molecule has 3 N–H and O–H groups in total. The maximum absolute atomic E-state index is 12.9. The normalized spacial score (nSPS) is 62.8. The van der Waals surface area contributed by atoms with Crippen LogP contribution in [0.4, 0.5) is 0 Å². The summed E-state index contributed by atoms with van der Waals surface area (Å²) in [6.07, 6.45) is 2.89. The Morgan fingerprint density at radius 2 is 1.62 bits per heavy atom. The predicted molar refractivity (Wildman–Crippen MR) is 166 cm³/mol. The number of hydrogen-bond donors (Lipinski definition) is 3. The van der Waals surface area contributed by atoms with Gasteiger partial charge in [0.1, 0.15) is 36.1 Å². The van der Waals surface area contributed by atoms with Gasteiger partial charge in [-0.2, -0.15) is 0 Å². The number of hydrogen-bond acceptors (Lipinski definition) is 10. The molecule has 0 amide bonds. The predicted octanol–water partition coefficient (Wildman–Crippen LogP) is 3.71. The summed E-state index contributed by atoms with van der Waals surface area (Å²) >= 11 is 0. The molecule has 4 saturated heterocycles. The van der Waals surface area contributed by atoms with Crippen molar-refractivity contribution in [1.29, 1.82) is 0 Å². The van der Waals surface area contributed by atoms with E-state index < -0.39 is 30.4 Å². The Kier molecular flexibility index (Phi) is 6.50. The molecule has 5 saturated carbocycles. The summed E-state index contributed by atoms with van der Waals surface area (Å²) in [6.45, 7) is 16.1. The van der Waals surface area contributed by atoms with Gasteiger partial charge in [0, 0.05) is 18.8 Å². The van der Waals surface area contributed by atoms with Crippen LogP contribution in [0.2, 0.25) is 0 Å². The molecule has 0 aromatic rings. The molecule has 5 aliphatic carbocycles. The van der Waals surface area contributed by atoms with Crippen molar-refractivity contribution in [3.63, 3.8) is 0 Å². The lowest BCUT2D eigenvalue weighted by Gasteiger charge is -2.65. The van der Waals surface area contributed by atoms with Gasteiger partial charge in [0.15, 0.2) is 12.1 Å². The van der Waals surface area contributed by atoms with Crippen LogP contribution in [0.1, 0.15) is 99.8 Å². The van der Waals surface area contributed by atoms with E-state index in [4.69, 9.17) is 28.4 Å². The highest BCUT2D eigenvalue weighted by molar-refractivity contribution is 5.66. The average Bonchev–Trinajstić information content (AvgIpc) is 3.81. The number of rotatable bonds is 3. The molecule has 10 nitrogen and oxygen atoms in total. The molecule has 3 spiro atoms. The molecule has 0 aromatic heterocycles. The van der Waals surface area contributed by atoms with Gasteiger partial charge in [0.2, 0.25) is 0 Å². The Balaban J connectivity index is 1.03. The second kappa shape index (κ2) is 9.52. The van der Waals surface area contributed by atoms with Crippen molar-refractivity contribution >= 4 is 5.97 Å². The molecular weight excluding hydrogens is 604 g/mol. The molecule has 10 heteroatoms. The van der Waals surface area contributed by atoms with Gasteiger partial charge < -0.3 is 43.7 Å². The molecule has 47 heavy (non-hydrogen) atoms. The third-order valence-electron chi connectivity index (χ3n) is 16.6. The van der Waals surface area contributed by atoms with E-state index in [2.05, 4.69) is 41.5 Å². The first-order valence-corrected chi connectivity index (χ1v) is 18.5. The number of carbonyl (C=O) groups is 1. The quantitative estimate of drug-likeness (QED) is 0.234. The van der Waals surface area contributed by atoms with Crippen LogP contribution in [-0.4, -0.2) is 94.9 Å². The molecule has 9 aliphatic rings. The molecule has 9 rings (SSSR count). The largest absolute Gasteiger partial charge is 0.462 e. The summed E-state index contributed by atoms with van der Waals surface area (Å²) in [4.78, 5) is 12.9. The maximum Gasteiger partial charge on any atom is 0.302 e. The third kappa shape index (κ3) is 3.78. The highest BCUT2D eigenvalue weighted by Crippen LogP contribution is 2.89. The standard InChI is InChI=1S/C37H56O10/c1-18-12-37(30-33(6,47-30)17-43-37)46-21-13-32(5)23-9-8-22-31(3,4)24(45-29-28(41)27(40)20(39)15-42-29)10-11-35(22)16-36(23,35)14-25(44-19(2)38)34(32,7)26(18)21/h18,20-30,39-41H,8-17H2,1-7H3/t18-,20-,21+,22+,23+,24+,25-,26+,27+,28-,29+,30-,32+,33-,34-,35-,36+,37?/m1/s1. The number of esters is 1. The Hall–Kier alpha value is -0.850. The average molecular weight is 661 g/mol. The Bertz CT molecular complexity index is 1360. The summed E-state index contributed by atoms with van der Waals surface area (Å²) in [5, 5.41) is 31.0. The van der Waals surface area contributed by atoms with E-state index in [1.807, 2.05) is 0 Å². The Morgan fingerprint density at radius 3 is 2.30 bits per heavy atom. The number of fused-ring (bicyclic) bond motifs is 6. The second-order valence-corrected chi connectivity index (χ2v) is 18.9. The van der Waals surface area contributed by atoms with Crippen LogP contribution in [-0.2, 0) is 33.2 Å². The molecule has 0 radical (unpaired) electrons. The zero-order chi connectivity index (χ0) is 33.3. The molecule has 4 heterocycles. The van der Waals surface area contributed by atoms with Gasteiger partial charge in [-0.1, -0.05) is 34.6 Å². The lowest BCUT2D eigenvalue weighted by molar-refractivity contribution is -0.309. The van der Waals surface area contributed by atoms with Crippen LogP contribution in [0.15, 0.2) is 0 Å². The zero-order valence-electron chi connectivity index (χ0n) is 29.2. The first-order valence-electron chi connectivity index (χ1n) is 18.5. The Morgan fingerprint density at radius 1 is 0.872 bits per heavy atom. The molecule has 9 fully saturated rings. The third-order valence-corrected chi connectivity index (χ3v) is 16.6. The van der Waals surface area contributed by atoms with Crippen molar-refractivity contribution in [3.05, 3.63) is 0 Å². The zero-order valence-corrected chi connectivity index (χ0v) is 29.2. The van der Waals surface area contributed by atoms with Crippen molar-refractivity contribution in [2.24, 2.45) is 50.7 Å².